The topological polar surface area (TPSA) is 68.6 Å². The maximum Gasteiger partial charge on any atom is 0.410 e. The molecular formula is C15H26N4O3. The third-order valence-electron chi connectivity index (χ3n) is 3.66. The summed E-state index contributed by atoms with van der Waals surface area (Å²) in [6.45, 7) is 7.33. The smallest absolute Gasteiger partial charge is 0.410 e. The Morgan fingerprint density at radius 1 is 1.45 bits per heavy atom. The van der Waals surface area contributed by atoms with Gasteiger partial charge in [0, 0.05) is 33.1 Å². The van der Waals surface area contributed by atoms with Gasteiger partial charge in [0.1, 0.15) is 11.4 Å². The number of imidazole rings is 1. The molecule has 1 saturated heterocycles. The minimum atomic E-state index is -0.488. The Kier molecular flexibility index (Phi) is 5.08. The molecule has 2 rings (SSSR count). The summed E-state index contributed by atoms with van der Waals surface area (Å²) in [7, 11) is 3.62. The standard InChI is InChI=1S/C15H26N4O3/c1-15(2,3)22-14(20)19-9-11(12(10-19)21-5)17-8-13-16-6-7-18(13)4/h6-7,11-12,17H,8-10H2,1-5H3/t11?,12-/m0/s1. The fraction of sp³-hybridized carbons (Fsp3) is 0.733. The summed E-state index contributed by atoms with van der Waals surface area (Å²) < 4.78 is 12.9. The van der Waals surface area contributed by atoms with Crippen molar-refractivity contribution in [2.45, 2.75) is 45.1 Å². The Morgan fingerprint density at radius 2 is 2.18 bits per heavy atom. The SMILES string of the molecule is CO[C@H]1CN(C(=O)OC(C)(C)C)CC1NCc1nccn1C. The number of methoxy groups -OCH3 is 1. The Balaban J connectivity index is 1.92. The highest BCUT2D eigenvalue weighted by Gasteiger charge is 2.37. The molecule has 0 spiro atoms. The zero-order chi connectivity index (χ0) is 16.3. The first kappa shape index (κ1) is 16.8. The number of ether oxygens (including phenoxy) is 2. The first-order valence-electron chi connectivity index (χ1n) is 7.50. The van der Waals surface area contributed by atoms with Gasteiger partial charge in [0.15, 0.2) is 0 Å². The molecule has 7 heteroatoms. The van der Waals surface area contributed by atoms with Gasteiger partial charge in [-0.25, -0.2) is 9.78 Å². The lowest BCUT2D eigenvalue weighted by Crippen LogP contribution is -2.40. The second kappa shape index (κ2) is 6.66. The van der Waals surface area contributed by atoms with E-state index in [-0.39, 0.29) is 18.2 Å². The number of hydrogen-bond donors (Lipinski definition) is 1. The molecule has 7 nitrogen and oxygen atoms in total. The normalized spacial score (nSPS) is 22.1. The number of carbonyl (C=O) groups excluding carboxylic acids is 1. The molecule has 2 heterocycles. The summed E-state index contributed by atoms with van der Waals surface area (Å²) in [4.78, 5) is 18.1. The zero-order valence-electron chi connectivity index (χ0n) is 14.0. The van der Waals surface area contributed by atoms with Crippen LogP contribution in [0.1, 0.15) is 26.6 Å². The number of likely N-dealkylation sites (tertiary alicyclic amines) is 1. The molecule has 0 saturated carbocycles. The summed E-state index contributed by atoms with van der Waals surface area (Å²) in [5, 5.41) is 3.42. The number of aromatic nitrogens is 2. The van der Waals surface area contributed by atoms with Crippen molar-refractivity contribution in [3.8, 4) is 0 Å². The molecular weight excluding hydrogens is 284 g/mol. The fourth-order valence-electron chi connectivity index (χ4n) is 2.47. The van der Waals surface area contributed by atoms with Crippen molar-refractivity contribution in [1.29, 1.82) is 0 Å². The molecule has 0 radical (unpaired) electrons. The van der Waals surface area contributed by atoms with Gasteiger partial charge in [-0.3, -0.25) is 0 Å². The van der Waals surface area contributed by atoms with Crippen LogP contribution in [0.3, 0.4) is 0 Å². The van der Waals surface area contributed by atoms with Gasteiger partial charge in [-0.05, 0) is 20.8 Å². The van der Waals surface area contributed by atoms with Gasteiger partial charge in [0.2, 0.25) is 0 Å². The maximum atomic E-state index is 12.2. The van der Waals surface area contributed by atoms with Gasteiger partial charge < -0.3 is 24.3 Å². The molecule has 0 bridgehead atoms. The summed E-state index contributed by atoms with van der Waals surface area (Å²) in [5.74, 6) is 0.950. The van der Waals surface area contributed by atoms with Crippen LogP contribution >= 0.6 is 0 Å². The first-order valence-corrected chi connectivity index (χ1v) is 7.50. The highest BCUT2D eigenvalue weighted by Crippen LogP contribution is 2.17. The maximum absolute atomic E-state index is 12.2. The van der Waals surface area contributed by atoms with E-state index in [1.165, 1.54) is 0 Å². The van der Waals surface area contributed by atoms with Crippen LogP contribution in [-0.4, -0.2) is 58.5 Å². The van der Waals surface area contributed by atoms with Crippen molar-refractivity contribution in [2.75, 3.05) is 20.2 Å². The molecule has 1 aliphatic heterocycles. The predicted octanol–water partition coefficient (Wildman–Crippen LogP) is 1.14. The highest BCUT2D eigenvalue weighted by molar-refractivity contribution is 5.68. The Bertz CT molecular complexity index is 509. The second-order valence-corrected chi connectivity index (χ2v) is 6.60. The largest absolute Gasteiger partial charge is 0.444 e. The summed E-state index contributed by atoms with van der Waals surface area (Å²) >= 11 is 0. The molecule has 2 atom stereocenters. The molecule has 1 aromatic rings. The lowest BCUT2D eigenvalue weighted by Gasteiger charge is -2.24. The molecule has 1 N–H and O–H groups in total. The van der Waals surface area contributed by atoms with E-state index in [0.29, 0.717) is 19.6 Å². The minimum Gasteiger partial charge on any atom is -0.444 e. The van der Waals surface area contributed by atoms with Gasteiger partial charge >= 0.3 is 6.09 Å². The minimum absolute atomic E-state index is 0.0483. The Morgan fingerprint density at radius 3 is 2.73 bits per heavy atom. The number of amides is 1. The molecule has 1 unspecified atom stereocenters. The summed E-state index contributed by atoms with van der Waals surface area (Å²) in [5.41, 5.74) is -0.488. The van der Waals surface area contributed by atoms with E-state index < -0.39 is 5.60 Å². The number of aryl methyl sites for hydroxylation is 1. The third kappa shape index (κ3) is 4.20. The Hall–Kier alpha value is -1.60. The van der Waals surface area contributed by atoms with Crippen LogP contribution in [0.4, 0.5) is 4.79 Å². The quantitative estimate of drug-likeness (QED) is 0.903. The van der Waals surface area contributed by atoms with Crippen molar-refractivity contribution >= 4 is 6.09 Å². The van der Waals surface area contributed by atoms with Crippen molar-refractivity contribution in [3.05, 3.63) is 18.2 Å². The van der Waals surface area contributed by atoms with Crippen LogP contribution in [0.5, 0.6) is 0 Å². The summed E-state index contributed by atoms with van der Waals surface area (Å²) in [6, 6.07) is 0.0641. The van der Waals surface area contributed by atoms with E-state index in [1.54, 1.807) is 18.2 Å². The number of hydrogen-bond acceptors (Lipinski definition) is 5. The highest BCUT2D eigenvalue weighted by atomic mass is 16.6. The van der Waals surface area contributed by atoms with Crippen molar-refractivity contribution < 1.29 is 14.3 Å². The predicted molar refractivity (Wildman–Crippen MR) is 82.4 cm³/mol. The van der Waals surface area contributed by atoms with E-state index in [1.807, 2.05) is 38.6 Å². The van der Waals surface area contributed by atoms with Crippen LogP contribution in [0, 0.1) is 0 Å². The molecule has 124 valence electrons. The first-order chi connectivity index (χ1) is 10.3. The summed E-state index contributed by atoms with van der Waals surface area (Å²) in [6.07, 6.45) is 3.34. The van der Waals surface area contributed by atoms with Crippen LogP contribution in [0.2, 0.25) is 0 Å². The van der Waals surface area contributed by atoms with Crippen molar-refractivity contribution in [2.24, 2.45) is 7.05 Å². The van der Waals surface area contributed by atoms with Gasteiger partial charge in [0.25, 0.3) is 0 Å². The zero-order valence-corrected chi connectivity index (χ0v) is 14.0. The van der Waals surface area contributed by atoms with Crippen molar-refractivity contribution in [1.82, 2.24) is 19.8 Å². The second-order valence-electron chi connectivity index (χ2n) is 6.60. The molecule has 0 aliphatic carbocycles. The third-order valence-corrected chi connectivity index (χ3v) is 3.66. The molecule has 1 fully saturated rings. The fourth-order valence-corrected chi connectivity index (χ4v) is 2.47. The van der Waals surface area contributed by atoms with E-state index in [9.17, 15) is 4.79 Å². The van der Waals surface area contributed by atoms with Gasteiger partial charge in [-0.1, -0.05) is 0 Å². The Labute approximate surface area is 131 Å². The van der Waals surface area contributed by atoms with E-state index in [2.05, 4.69) is 10.3 Å². The van der Waals surface area contributed by atoms with Gasteiger partial charge in [0.05, 0.1) is 25.2 Å². The van der Waals surface area contributed by atoms with E-state index >= 15 is 0 Å². The van der Waals surface area contributed by atoms with Gasteiger partial charge in [-0.15, -0.1) is 0 Å². The lowest BCUT2D eigenvalue weighted by atomic mass is 10.2. The number of nitrogens with zero attached hydrogens (tertiary/aromatic N) is 3. The monoisotopic (exact) mass is 310 g/mol. The van der Waals surface area contributed by atoms with E-state index in [0.717, 1.165) is 5.82 Å². The number of carbonyl (C=O) groups is 1. The van der Waals surface area contributed by atoms with Gasteiger partial charge in [-0.2, -0.15) is 0 Å². The molecule has 1 amide bonds. The van der Waals surface area contributed by atoms with Crippen LogP contribution < -0.4 is 5.32 Å². The number of rotatable bonds is 4. The average molecular weight is 310 g/mol. The molecule has 0 aromatic carbocycles. The number of nitrogens with one attached hydrogen (secondary N) is 1. The van der Waals surface area contributed by atoms with Crippen molar-refractivity contribution in [3.63, 3.8) is 0 Å². The van der Waals surface area contributed by atoms with Crippen LogP contribution in [-0.2, 0) is 23.1 Å². The average Bonchev–Trinajstić information content (AvgIpc) is 3.00. The molecule has 1 aromatic heterocycles. The van der Waals surface area contributed by atoms with Crippen LogP contribution in [0.15, 0.2) is 12.4 Å². The molecule has 1 aliphatic rings. The van der Waals surface area contributed by atoms with E-state index in [4.69, 9.17) is 9.47 Å². The molecule has 22 heavy (non-hydrogen) atoms. The van der Waals surface area contributed by atoms with Crippen LogP contribution in [0.25, 0.3) is 0 Å². The lowest BCUT2D eigenvalue weighted by molar-refractivity contribution is 0.0252.